The van der Waals surface area contributed by atoms with Crippen molar-refractivity contribution < 1.29 is 19.4 Å². The highest BCUT2D eigenvalue weighted by atomic mass is 79.9. The third-order valence-electron chi connectivity index (χ3n) is 4.19. The maximum Gasteiger partial charge on any atom is 0.255 e. The highest BCUT2D eigenvalue weighted by Gasteiger charge is 2.20. The van der Waals surface area contributed by atoms with E-state index in [1.165, 1.54) is 0 Å². The molecule has 0 bridgehead atoms. The van der Waals surface area contributed by atoms with Crippen LogP contribution in [0, 0.1) is 0 Å². The molecule has 0 radical (unpaired) electrons. The molecule has 2 N–H and O–H groups in total. The molecule has 3 aromatic rings. The van der Waals surface area contributed by atoms with Crippen molar-refractivity contribution in [3.8, 4) is 11.5 Å². The molecule has 3 aromatic carbocycles. The molecule has 0 fully saturated rings. The van der Waals surface area contributed by atoms with E-state index in [4.69, 9.17) is 14.6 Å². The molecule has 5 nitrogen and oxygen atoms in total. The van der Waals surface area contributed by atoms with Crippen LogP contribution in [0.3, 0.4) is 0 Å². The number of aliphatic hydroxyl groups excluding tert-OH is 1. The second kappa shape index (κ2) is 6.97. The zero-order valence-corrected chi connectivity index (χ0v) is 15.3. The molecule has 1 aliphatic heterocycles. The van der Waals surface area contributed by atoms with Gasteiger partial charge in [-0.1, -0.05) is 28.1 Å². The summed E-state index contributed by atoms with van der Waals surface area (Å²) < 4.78 is 12.2. The minimum Gasteiger partial charge on any atom is -0.486 e. The zero-order valence-electron chi connectivity index (χ0n) is 13.7. The number of hydrogen-bond acceptors (Lipinski definition) is 4. The van der Waals surface area contributed by atoms with E-state index in [9.17, 15) is 4.79 Å². The molecule has 1 amide bonds. The van der Waals surface area contributed by atoms with Crippen LogP contribution in [0.4, 0.5) is 5.69 Å². The Morgan fingerprint density at radius 3 is 2.73 bits per heavy atom. The average molecular weight is 414 g/mol. The molecule has 6 heteroatoms. The molecule has 1 atom stereocenters. The Balaban J connectivity index is 1.54. The van der Waals surface area contributed by atoms with Gasteiger partial charge in [-0.3, -0.25) is 4.79 Å². The van der Waals surface area contributed by atoms with Gasteiger partial charge in [-0.05, 0) is 47.2 Å². The summed E-state index contributed by atoms with van der Waals surface area (Å²) in [5.41, 5.74) is 1.20. The number of aliphatic hydroxyl groups is 1. The molecule has 26 heavy (non-hydrogen) atoms. The van der Waals surface area contributed by atoms with Crippen molar-refractivity contribution in [2.75, 3.05) is 18.5 Å². The van der Waals surface area contributed by atoms with Crippen LogP contribution in [0.15, 0.2) is 59.1 Å². The van der Waals surface area contributed by atoms with E-state index >= 15 is 0 Å². The van der Waals surface area contributed by atoms with Crippen LogP contribution >= 0.6 is 15.9 Å². The highest BCUT2D eigenvalue weighted by molar-refractivity contribution is 9.10. The number of hydrogen-bond donors (Lipinski definition) is 2. The van der Waals surface area contributed by atoms with Gasteiger partial charge in [0.1, 0.15) is 6.61 Å². The molecule has 0 aliphatic carbocycles. The van der Waals surface area contributed by atoms with Gasteiger partial charge in [0, 0.05) is 21.8 Å². The highest BCUT2D eigenvalue weighted by Crippen LogP contribution is 2.34. The lowest BCUT2D eigenvalue weighted by Gasteiger charge is -2.25. The molecular weight excluding hydrogens is 398 g/mol. The smallest absolute Gasteiger partial charge is 0.255 e. The van der Waals surface area contributed by atoms with Crippen LogP contribution in [0.2, 0.25) is 0 Å². The maximum absolute atomic E-state index is 12.6. The summed E-state index contributed by atoms with van der Waals surface area (Å²) in [4.78, 5) is 12.6. The topological polar surface area (TPSA) is 67.8 Å². The average Bonchev–Trinajstić information content (AvgIpc) is 2.67. The van der Waals surface area contributed by atoms with Gasteiger partial charge < -0.3 is 19.9 Å². The minimum absolute atomic E-state index is 0.101. The Morgan fingerprint density at radius 1 is 1.08 bits per heavy atom. The summed E-state index contributed by atoms with van der Waals surface area (Å²) in [6.45, 7) is 0.178. The second-order valence-electron chi connectivity index (χ2n) is 6.06. The van der Waals surface area contributed by atoms with Gasteiger partial charge in [-0.15, -0.1) is 0 Å². The summed E-state index contributed by atoms with van der Waals surface area (Å²) in [5, 5.41) is 14.1. The number of nitrogens with one attached hydrogen (secondary N) is 1. The van der Waals surface area contributed by atoms with Crippen LogP contribution in [0.5, 0.6) is 11.5 Å². The van der Waals surface area contributed by atoms with Gasteiger partial charge in [-0.2, -0.15) is 0 Å². The molecule has 1 aliphatic rings. The van der Waals surface area contributed by atoms with Gasteiger partial charge in [-0.25, -0.2) is 0 Å². The Bertz CT molecular complexity index is 989. The molecule has 0 saturated carbocycles. The van der Waals surface area contributed by atoms with Crippen LogP contribution in [0.25, 0.3) is 10.8 Å². The first-order chi connectivity index (χ1) is 12.6. The molecule has 0 saturated heterocycles. The van der Waals surface area contributed by atoms with Crippen molar-refractivity contribution in [1.82, 2.24) is 0 Å². The van der Waals surface area contributed by atoms with Gasteiger partial charge >= 0.3 is 0 Å². The standard InChI is InChI=1S/C20H16BrNO4/c21-15-4-3-12-7-14(2-1-13(12)8-15)20(24)22-16-5-6-18-19(9-16)25-11-17(10-23)26-18/h1-9,17,23H,10-11H2,(H,22,24). The van der Waals surface area contributed by atoms with E-state index in [1.54, 1.807) is 24.3 Å². The number of anilines is 1. The first kappa shape index (κ1) is 16.9. The molecule has 0 spiro atoms. The Kier molecular flexibility index (Phi) is 4.53. The van der Waals surface area contributed by atoms with Gasteiger partial charge in [0.25, 0.3) is 5.91 Å². The third kappa shape index (κ3) is 3.38. The van der Waals surface area contributed by atoms with Crippen molar-refractivity contribution >= 4 is 38.3 Å². The summed E-state index contributed by atoms with van der Waals surface area (Å²) in [5.74, 6) is 0.917. The van der Waals surface area contributed by atoms with Crippen LogP contribution in [-0.2, 0) is 0 Å². The van der Waals surface area contributed by atoms with E-state index < -0.39 is 0 Å². The largest absolute Gasteiger partial charge is 0.486 e. The van der Waals surface area contributed by atoms with Gasteiger partial charge in [0.15, 0.2) is 17.6 Å². The number of amides is 1. The van der Waals surface area contributed by atoms with Gasteiger partial charge in [0.05, 0.1) is 6.61 Å². The first-order valence-electron chi connectivity index (χ1n) is 8.17. The number of rotatable bonds is 3. The first-order valence-corrected chi connectivity index (χ1v) is 8.97. The third-order valence-corrected chi connectivity index (χ3v) is 4.68. The van der Waals surface area contributed by atoms with E-state index in [-0.39, 0.29) is 25.2 Å². The number of carbonyl (C=O) groups excluding carboxylic acids is 1. The van der Waals surface area contributed by atoms with E-state index in [0.717, 1.165) is 15.2 Å². The second-order valence-corrected chi connectivity index (χ2v) is 6.97. The lowest BCUT2D eigenvalue weighted by atomic mass is 10.1. The Hall–Kier alpha value is -2.57. The van der Waals surface area contributed by atoms with Crippen molar-refractivity contribution in [1.29, 1.82) is 0 Å². The summed E-state index contributed by atoms with van der Waals surface area (Å²) in [6.07, 6.45) is -0.361. The van der Waals surface area contributed by atoms with E-state index in [1.807, 2.05) is 30.3 Å². The molecule has 4 rings (SSSR count). The number of ether oxygens (including phenoxy) is 2. The predicted octanol–water partition coefficient (Wildman–Crippen LogP) is 3.99. The van der Waals surface area contributed by atoms with Crippen LogP contribution < -0.4 is 14.8 Å². The number of carbonyl (C=O) groups is 1. The van der Waals surface area contributed by atoms with Crippen LogP contribution in [0.1, 0.15) is 10.4 Å². The monoisotopic (exact) mass is 413 g/mol. The summed E-state index contributed by atoms with van der Waals surface area (Å²) in [7, 11) is 0. The van der Waals surface area contributed by atoms with Crippen molar-refractivity contribution in [2.45, 2.75) is 6.10 Å². The lowest BCUT2D eigenvalue weighted by Crippen LogP contribution is -2.32. The number of halogens is 1. The molecule has 0 aromatic heterocycles. The minimum atomic E-state index is -0.361. The number of fused-ring (bicyclic) bond motifs is 2. The lowest BCUT2D eigenvalue weighted by molar-refractivity contribution is 0.0457. The van der Waals surface area contributed by atoms with Crippen molar-refractivity contribution in [3.05, 3.63) is 64.6 Å². The molecule has 1 unspecified atom stereocenters. The zero-order chi connectivity index (χ0) is 18.1. The Morgan fingerprint density at radius 2 is 1.88 bits per heavy atom. The summed E-state index contributed by atoms with van der Waals surface area (Å²) >= 11 is 3.45. The van der Waals surface area contributed by atoms with E-state index in [0.29, 0.717) is 22.7 Å². The summed E-state index contributed by atoms with van der Waals surface area (Å²) in [6, 6.07) is 16.7. The fourth-order valence-corrected chi connectivity index (χ4v) is 3.22. The fourth-order valence-electron chi connectivity index (χ4n) is 2.84. The molecular formula is C20H16BrNO4. The molecule has 132 valence electrons. The maximum atomic E-state index is 12.6. The van der Waals surface area contributed by atoms with Crippen molar-refractivity contribution in [2.24, 2.45) is 0 Å². The number of benzene rings is 3. The normalized spacial score (nSPS) is 15.7. The molecule has 1 heterocycles. The quantitative estimate of drug-likeness (QED) is 0.681. The van der Waals surface area contributed by atoms with E-state index in [2.05, 4.69) is 21.2 Å². The fraction of sp³-hybridized carbons (Fsp3) is 0.150. The van der Waals surface area contributed by atoms with Gasteiger partial charge in [0.2, 0.25) is 0 Å². The van der Waals surface area contributed by atoms with Crippen LogP contribution in [-0.4, -0.2) is 30.3 Å². The predicted molar refractivity (Wildman–Crippen MR) is 103 cm³/mol. The van der Waals surface area contributed by atoms with Crippen molar-refractivity contribution in [3.63, 3.8) is 0 Å². The Labute approximate surface area is 158 Å². The SMILES string of the molecule is O=C(Nc1ccc2c(c1)OCC(CO)O2)c1ccc2cc(Br)ccc2c1.